The molecule has 0 saturated carbocycles. The average Bonchev–Trinajstić information content (AvgIpc) is 1.65. The summed E-state index contributed by atoms with van der Waals surface area (Å²) in [5.41, 5.74) is 0. The Bertz CT molecular complexity index is 87.7. The quantitative estimate of drug-likeness (QED) is 0.300. The van der Waals surface area contributed by atoms with E-state index in [0.717, 1.165) is 0 Å². The van der Waals surface area contributed by atoms with Gasteiger partial charge in [0.2, 0.25) is 5.78 Å². The molecule has 0 N–H and O–H groups in total. The zero-order valence-electron chi connectivity index (χ0n) is 3.85. The lowest BCUT2D eigenvalue weighted by Crippen LogP contribution is -2.10. The third kappa shape index (κ3) is 2.34. The lowest BCUT2D eigenvalue weighted by molar-refractivity contribution is -0.129. The zero-order valence-corrected chi connectivity index (χ0v) is 4.61. The molecule has 0 fully saturated rings. The first-order valence-electron chi connectivity index (χ1n) is 1.81. The van der Waals surface area contributed by atoms with Gasteiger partial charge in [0, 0.05) is 0 Å². The molecule has 0 aromatic carbocycles. The van der Waals surface area contributed by atoms with E-state index in [1.54, 1.807) is 0 Å². The van der Waals surface area contributed by atoms with Gasteiger partial charge in [0.15, 0.2) is 6.29 Å². The number of rotatable bonds is 2. The van der Waals surface area contributed by atoms with Gasteiger partial charge in [-0.2, -0.15) is 0 Å². The molecule has 1 atom stereocenters. The van der Waals surface area contributed by atoms with Crippen molar-refractivity contribution < 1.29 is 9.59 Å². The van der Waals surface area contributed by atoms with E-state index in [1.165, 1.54) is 6.92 Å². The summed E-state index contributed by atoms with van der Waals surface area (Å²) in [6.07, 6.45) is 0.220. The molecule has 0 aromatic rings. The van der Waals surface area contributed by atoms with E-state index < -0.39 is 11.2 Å². The number of halogens is 1. The SMILES string of the molecule is CC(Cl)C(=O)C=O. The largest absolute Gasteiger partial charge is 0.295 e. The van der Waals surface area contributed by atoms with E-state index in [1.807, 2.05) is 0 Å². The molecular weight excluding hydrogens is 115 g/mol. The molecule has 0 aliphatic rings. The minimum atomic E-state index is -0.669. The predicted molar refractivity (Wildman–Crippen MR) is 26.4 cm³/mol. The molecule has 40 valence electrons. The number of carbonyl (C=O) groups excluding carboxylic acids is 2. The van der Waals surface area contributed by atoms with Crippen molar-refractivity contribution >= 4 is 23.7 Å². The number of Topliss-reactive ketones (excluding diaryl/α,β-unsaturated/α-hetero) is 1. The number of aldehydes is 1. The lowest BCUT2D eigenvalue weighted by Gasteiger charge is -1.87. The smallest absolute Gasteiger partial charge is 0.212 e. The zero-order chi connectivity index (χ0) is 5.86. The van der Waals surface area contributed by atoms with Crippen molar-refractivity contribution in [2.24, 2.45) is 0 Å². The van der Waals surface area contributed by atoms with Gasteiger partial charge in [-0.1, -0.05) is 0 Å². The van der Waals surface area contributed by atoms with Gasteiger partial charge >= 0.3 is 0 Å². The predicted octanol–water partition coefficient (Wildman–Crippen LogP) is 0.382. The fourth-order valence-corrected chi connectivity index (χ4v) is 0.145. The molecule has 0 aliphatic heterocycles. The summed E-state index contributed by atoms with van der Waals surface area (Å²) < 4.78 is 0. The molecule has 0 heterocycles. The van der Waals surface area contributed by atoms with Crippen LogP contribution in [0, 0.1) is 0 Å². The Hall–Kier alpha value is -0.370. The molecule has 7 heavy (non-hydrogen) atoms. The molecule has 0 bridgehead atoms. The van der Waals surface area contributed by atoms with E-state index in [4.69, 9.17) is 11.6 Å². The van der Waals surface area contributed by atoms with Gasteiger partial charge in [-0.05, 0) is 6.92 Å². The first kappa shape index (κ1) is 6.63. The van der Waals surface area contributed by atoms with E-state index in [9.17, 15) is 9.59 Å². The summed E-state index contributed by atoms with van der Waals surface area (Å²) in [4.78, 5) is 19.5. The van der Waals surface area contributed by atoms with Crippen molar-refractivity contribution in [2.45, 2.75) is 12.3 Å². The van der Waals surface area contributed by atoms with E-state index in [2.05, 4.69) is 0 Å². The molecule has 3 heteroatoms. The molecule has 0 saturated heterocycles. The van der Waals surface area contributed by atoms with Gasteiger partial charge in [0.05, 0.1) is 5.38 Å². The van der Waals surface area contributed by atoms with Gasteiger partial charge in [-0.25, -0.2) is 0 Å². The van der Waals surface area contributed by atoms with Crippen molar-refractivity contribution in [3.8, 4) is 0 Å². The van der Waals surface area contributed by atoms with Crippen LogP contribution in [-0.4, -0.2) is 17.4 Å². The van der Waals surface area contributed by atoms with Crippen LogP contribution < -0.4 is 0 Å². The van der Waals surface area contributed by atoms with E-state index >= 15 is 0 Å². The van der Waals surface area contributed by atoms with Gasteiger partial charge in [-0.15, -0.1) is 11.6 Å². The molecule has 0 aromatic heterocycles. The summed E-state index contributed by atoms with van der Waals surface area (Å²) in [5, 5.41) is -0.669. The number of alkyl halides is 1. The standard InChI is InChI=1S/C4H5ClO2/c1-3(5)4(7)2-6/h2-3H,1H3. The first-order valence-corrected chi connectivity index (χ1v) is 2.25. The monoisotopic (exact) mass is 120 g/mol. The van der Waals surface area contributed by atoms with Gasteiger partial charge < -0.3 is 0 Å². The van der Waals surface area contributed by atoms with Crippen LogP contribution in [0.25, 0.3) is 0 Å². The fraction of sp³-hybridized carbons (Fsp3) is 0.500. The molecule has 0 radical (unpaired) electrons. The average molecular weight is 121 g/mol. The van der Waals surface area contributed by atoms with Crippen LogP contribution in [0.2, 0.25) is 0 Å². The molecular formula is C4H5ClO2. The van der Waals surface area contributed by atoms with Gasteiger partial charge in [0.1, 0.15) is 0 Å². The maximum Gasteiger partial charge on any atom is 0.212 e. The minimum absolute atomic E-state index is 0.220. The van der Waals surface area contributed by atoms with Crippen LogP contribution >= 0.6 is 11.6 Å². The highest BCUT2D eigenvalue weighted by atomic mass is 35.5. The third-order valence-electron chi connectivity index (χ3n) is 0.508. The fourth-order valence-electron chi connectivity index (χ4n) is 0.0938. The maximum absolute atomic E-state index is 10.0. The van der Waals surface area contributed by atoms with Crippen LogP contribution in [-0.2, 0) is 9.59 Å². The van der Waals surface area contributed by atoms with Crippen molar-refractivity contribution in [3.63, 3.8) is 0 Å². The summed E-state index contributed by atoms with van der Waals surface area (Å²) in [7, 11) is 0. The number of hydrogen-bond acceptors (Lipinski definition) is 2. The van der Waals surface area contributed by atoms with Crippen LogP contribution in [0.4, 0.5) is 0 Å². The normalized spacial score (nSPS) is 12.9. The Kier molecular flexibility index (Phi) is 2.60. The second-order valence-corrected chi connectivity index (χ2v) is 1.79. The van der Waals surface area contributed by atoms with E-state index in [-0.39, 0.29) is 6.29 Å². The Morgan fingerprint density at radius 3 is 2.29 bits per heavy atom. The van der Waals surface area contributed by atoms with Crippen LogP contribution in [0.3, 0.4) is 0 Å². The number of carbonyl (C=O) groups is 2. The first-order chi connectivity index (χ1) is 3.18. The maximum atomic E-state index is 10.0. The Labute approximate surface area is 46.5 Å². The van der Waals surface area contributed by atoms with E-state index in [0.29, 0.717) is 0 Å². The summed E-state index contributed by atoms with van der Waals surface area (Å²) in [6, 6.07) is 0. The second-order valence-electron chi connectivity index (χ2n) is 1.14. The summed E-state index contributed by atoms with van der Waals surface area (Å²) in [6.45, 7) is 1.46. The lowest BCUT2D eigenvalue weighted by atomic mass is 10.3. The van der Waals surface area contributed by atoms with Crippen molar-refractivity contribution in [1.82, 2.24) is 0 Å². The molecule has 1 unspecified atom stereocenters. The molecule has 2 nitrogen and oxygen atoms in total. The summed E-state index contributed by atoms with van der Waals surface area (Å²) >= 11 is 5.15. The number of hydrogen-bond donors (Lipinski definition) is 0. The molecule has 0 spiro atoms. The summed E-state index contributed by atoms with van der Waals surface area (Å²) in [5.74, 6) is -0.568. The highest BCUT2D eigenvalue weighted by Gasteiger charge is 2.04. The van der Waals surface area contributed by atoms with Crippen LogP contribution in [0.15, 0.2) is 0 Å². The molecule has 0 rings (SSSR count). The Balaban J connectivity index is 3.56. The van der Waals surface area contributed by atoms with Gasteiger partial charge in [-0.3, -0.25) is 9.59 Å². The number of ketones is 1. The van der Waals surface area contributed by atoms with Crippen molar-refractivity contribution in [2.75, 3.05) is 0 Å². The molecule has 0 amide bonds. The van der Waals surface area contributed by atoms with Crippen LogP contribution in [0.1, 0.15) is 6.92 Å². The topological polar surface area (TPSA) is 34.1 Å². The van der Waals surface area contributed by atoms with Crippen molar-refractivity contribution in [1.29, 1.82) is 0 Å². The highest BCUT2D eigenvalue weighted by Crippen LogP contribution is 1.90. The Morgan fingerprint density at radius 2 is 2.29 bits per heavy atom. The third-order valence-corrected chi connectivity index (χ3v) is 0.723. The second kappa shape index (κ2) is 2.75. The molecule has 0 aliphatic carbocycles. The minimum Gasteiger partial charge on any atom is -0.295 e. The van der Waals surface area contributed by atoms with Crippen molar-refractivity contribution in [3.05, 3.63) is 0 Å². The van der Waals surface area contributed by atoms with Crippen LogP contribution in [0.5, 0.6) is 0 Å². The Morgan fingerprint density at radius 1 is 1.86 bits per heavy atom. The highest BCUT2D eigenvalue weighted by molar-refractivity contribution is 6.43. The van der Waals surface area contributed by atoms with Gasteiger partial charge in [0.25, 0.3) is 0 Å².